The first-order valence-corrected chi connectivity index (χ1v) is 13.0. The van der Waals surface area contributed by atoms with Crippen LogP contribution in [0.3, 0.4) is 0 Å². The number of carbonyl (C=O) groups excluding carboxylic acids is 4. The summed E-state index contributed by atoms with van der Waals surface area (Å²) in [6, 6.07) is 17.7. The lowest BCUT2D eigenvalue weighted by atomic mass is 10.0. The van der Waals surface area contributed by atoms with E-state index in [-0.39, 0.29) is 25.0 Å². The first-order valence-electron chi connectivity index (χ1n) is 13.0. The molecule has 2 unspecified atom stereocenters. The summed E-state index contributed by atoms with van der Waals surface area (Å²) < 4.78 is 10.3. The van der Waals surface area contributed by atoms with E-state index in [4.69, 9.17) is 9.47 Å². The number of hydrogen-bond donors (Lipinski definition) is 4. The van der Waals surface area contributed by atoms with Gasteiger partial charge in [0.1, 0.15) is 25.3 Å². The van der Waals surface area contributed by atoms with Crippen LogP contribution in [0.25, 0.3) is 0 Å². The molecule has 38 heavy (non-hydrogen) atoms. The number of rotatable bonds is 14. The standard InChI is InChI=1S/C28H36N4O6/c33-25-23(15-7-9-17-29-27(35)37-19-21-11-3-1-4-12-21)31-26(34)24(32-25)16-8-10-18-30-28(36)38-20-22-13-5-2-6-14-22/h1-6,11-14,23-24H,7-10,15-20H2,(H,29,35)(H,30,36)(H,31,34)(H,32,33). The van der Waals surface area contributed by atoms with Crippen molar-refractivity contribution >= 4 is 24.0 Å². The smallest absolute Gasteiger partial charge is 0.407 e. The number of ether oxygens (including phenoxy) is 2. The number of carbonyl (C=O) groups is 4. The minimum Gasteiger partial charge on any atom is -0.445 e. The minimum absolute atomic E-state index is 0.201. The Kier molecular flexibility index (Phi) is 11.9. The van der Waals surface area contributed by atoms with Crippen LogP contribution in [0.1, 0.15) is 49.7 Å². The van der Waals surface area contributed by atoms with Crippen LogP contribution < -0.4 is 21.3 Å². The fourth-order valence-corrected chi connectivity index (χ4v) is 3.96. The zero-order valence-corrected chi connectivity index (χ0v) is 21.4. The average molecular weight is 525 g/mol. The average Bonchev–Trinajstić information content (AvgIpc) is 2.93. The largest absolute Gasteiger partial charge is 0.445 e. The third kappa shape index (κ3) is 10.5. The topological polar surface area (TPSA) is 135 Å². The molecule has 1 fully saturated rings. The van der Waals surface area contributed by atoms with Crippen LogP contribution in [0.5, 0.6) is 0 Å². The number of unbranched alkanes of at least 4 members (excludes halogenated alkanes) is 2. The highest BCUT2D eigenvalue weighted by Crippen LogP contribution is 2.10. The van der Waals surface area contributed by atoms with Gasteiger partial charge in [0.2, 0.25) is 11.8 Å². The van der Waals surface area contributed by atoms with E-state index in [1.807, 2.05) is 60.7 Å². The van der Waals surface area contributed by atoms with E-state index in [2.05, 4.69) is 21.3 Å². The van der Waals surface area contributed by atoms with E-state index in [0.717, 1.165) is 11.1 Å². The molecule has 1 heterocycles. The van der Waals surface area contributed by atoms with Crippen molar-refractivity contribution in [3.8, 4) is 0 Å². The van der Waals surface area contributed by atoms with Crippen molar-refractivity contribution in [3.63, 3.8) is 0 Å². The van der Waals surface area contributed by atoms with Crippen LogP contribution in [0, 0.1) is 0 Å². The number of piperazine rings is 1. The van der Waals surface area contributed by atoms with Gasteiger partial charge in [-0.05, 0) is 49.7 Å². The van der Waals surface area contributed by atoms with Crippen LogP contribution >= 0.6 is 0 Å². The van der Waals surface area contributed by atoms with Gasteiger partial charge in [-0.25, -0.2) is 9.59 Å². The summed E-state index contributed by atoms with van der Waals surface area (Å²) in [6.45, 7) is 1.26. The molecule has 10 heteroatoms. The van der Waals surface area contributed by atoms with Crippen molar-refractivity contribution in [2.24, 2.45) is 0 Å². The Morgan fingerprint density at radius 2 is 1.03 bits per heavy atom. The summed E-state index contributed by atoms with van der Waals surface area (Å²) in [7, 11) is 0. The molecule has 4 amide bonds. The lowest BCUT2D eigenvalue weighted by Gasteiger charge is -2.29. The Hall–Kier alpha value is -4.08. The summed E-state index contributed by atoms with van der Waals surface area (Å²) in [5, 5.41) is 11.0. The van der Waals surface area contributed by atoms with Gasteiger partial charge < -0.3 is 30.7 Å². The molecule has 2 aromatic rings. The molecule has 0 radical (unpaired) electrons. The third-order valence-electron chi connectivity index (χ3n) is 6.07. The number of hydrogen-bond acceptors (Lipinski definition) is 6. The second-order valence-corrected chi connectivity index (χ2v) is 9.09. The number of nitrogens with one attached hydrogen (secondary N) is 4. The highest BCUT2D eigenvalue weighted by molar-refractivity contribution is 5.96. The van der Waals surface area contributed by atoms with Crippen LogP contribution in [-0.4, -0.2) is 49.2 Å². The Labute approximate surface area is 222 Å². The summed E-state index contributed by atoms with van der Waals surface area (Å²) in [6.07, 6.45) is 2.64. The molecule has 0 saturated carbocycles. The molecular weight excluding hydrogens is 488 g/mol. The molecule has 2 atom stereocenters. The van der Waals surface area contributed by atoms with Crippen molar-refractivity contribution in [2.45, 2.75) is 63.8 Å². The van der Waals surface area contributed by atoms with Gasteiger partial charge in [-0.3, -0.25) is 9.59 Å². The van der Waals surface area contributed by atoms with Gasteiger partial charge in [0.05, 0.1) is 0 Å². The Morgan fingerprint density at radius 1 is 0.632 bits per heavy atom. The molecular formula is C28H36N4O6. The zero-order chi connectivity index (χ0) is 27.0. The number of alkyl carbamates (subject to hydrolysis) is 2. The first-order chi connectivity index (χ1) is 18.5. The van der Waals surface area contributed by atoms with Crippen LogP contribution in [0.15, 0.2) is 60.7 Å². The molecule has 0 spiro atoms. The van der Waals surface area contributed by atoms with Crippen molar-refractivity contribution in [1.82, 2.24) is 21.3 Å². The number of benzene rings is 2. The summed E-state index contributed by atoms with van der Waals surface area (Å²) in [4.78, 5) is 48.4. The van der Waals surface area contributed by atoms with Crippen LogP contribution in [0.4, 0.5) is 9.59 Å². The van der Waals surface area contributed by atoms with Crippen LogP contribution in [-0.2, 0) is 32.3 Å². The van der Waals surface area contributed by atoms with Crippen molar-refractivity contribution < 1.29 is 28.7 Å². The predicted octanol–water partition coefficient (Wildman–Crippen LogP) is 3.16. The van der Waals surface area contributed by atoms with Gasteiger partial charge in [-0.2, -0.15) is 0 Å². The molecule has 3 rings (SSSR count). The van der Waals surface area contributed by atoms with E-state index < -0.39 is 24.3 Å². The maximum atomic E-state index is 12.4. The monoisotopic (exact) mass is 524 g/mol. The lowest BCUT2D eigenvalue weighted by molar-refractivity contribution is -0.137. The molecule has 204 valence electrons. The molecule has 0 bridgehead atoms. The van der Waals surface area contributed by atoms with Gasteiger partial charge in [-0.1, -0.05) is 60.7 Å². The maximum absolute atomic E-state index is 12.4. The quantitative estimate of drug-likeness (QED) is 0.281. The fraction of sp³-hybridized carbons (Fsp3) is 0.429. The Morgan fingerprint density at radius 3 is 1.42 bits per heavy atom. The van der Waals surface area contributed by atoms with Gasteiger partial charge in [0.15, 0.2) is 0 Å². The van der Waals surface area contributed by atoms with Gasteiger partial charge in [0.25, 0.3) is 0 Å². The minimum atomic E-state index is -0.579. The van der Waals surface area contributed by atoms with Crippen molar-refractivity contribution in [1.29, 1.82) is 0 Å². The molecule has 4 N–H and O–H groups in total. The highest BCUT2D eigenvalue weighted by Gasteiger charge is 2.32. The lowest BCUT2D eigenvalue weighted by Crippen LogP contribution is -2.61. The maximum Gasteiger partial charge on any atom is 0.407 e. The normalized spacial score (nSPS) is 16.6. The van der Waals surface area contributed by atoms with E-state index >= 15 is 0 Å². The second kappa shape index (κ2) is 15.9. The molecule has 1 saturated heterocycles. The van der Waals surface area contributed by atoms with Gasteiger partial charge in [0, 0.05) is 13.1 Å². The number of amides is 4. The van der Waals surface area contributed by atoms with Gasteiger partial charge >= 0.3 is 12.2 Å². The van der Waals surface area contributed by atoms with Crippen molar-refractivity contribution in [3.05, 3.63) is 71.8 Å². The first kappa shape index (κ1) is 28.5. The summed E-state index contributed by atoms with van der Waals surface area (Å²) in [5.41, 5.74) is 1.83. The SMILES string of the molecule is O=C(NCCCCC1NC(=O)C(CCCCNC(=O)OCc2ccccc2)NC1=O)OCc1ccccc1. The Bertz CT molecular complexity index is 951. The van der Waals surface area contributed by atoms with Crippen LogP contribution in [0.2, 0.25) is 0 Å². The summed E-state index contributed by atoms with van der Waals surface area (Å²) >= 11 is 0. The van der Waals surface area contributed by atoms with Gasteiger partial charge in [-0.15, -0.1) is 0 Å². The van der Waals surface area contributed by atoms with E-state index in [9.17, 15) is 19.2 Å². The highest BCUT2D eigenvalue weighted by atomic mass is 16.6. The summed E-state index contributed by atoms with van der Waals surface area (Å²) in [5.74, 6) is -0.403. The molecule has 10 nitrogen and oxygen atoms in total. The molecule has 0 aliphatic carbocycles. The molecule has 1 aliphatic rings. The fourth-order valence-electron chi connectivity index (χ4n) is 3.96. The predicted molar refractivity (Wildman–Crippen MR) is 141 cm³/mol. The van der Waals surface area contributed by atoms with E-state index in [1.54, 1.807) is 0 Å². The molecule has 2 aromatic carbocycles. The molecule has 1 aliphatic heterocycles. The third-order valence-corrected chi connectivity index (χ3v) is 6.07. The van der Waals surface area contributed by atoms with E-state index in [0.29, 0.717) is 51.6 Å². The zero-order valence-electron chi connectivity index (χ0n) is 21.4. The molecule has 0 aromatic heterocycles. The van der Waals surface area contributed by atoms with Crippen molar-refractivity contribution in [2.75, 3.05) is 13.1 Å². The van der Waals surface area contributed by atoms with E-state index in [1.165, 1.54) is 0 Å². The Balaban J connectivity index is 1.20. The second-order valence-electron chi connectivity index (χ2n) is 9.09.